The van der Waals surface area contributed by atoms with E-state index in [1.54, 1.807) is 20.8 Å². The van der Waals surface area contributed by atoms with Crippen LogP contribution in [0.3, 0.4) is 0 Å². The highest BCUT2D eigenvalue weighted by molar-refractivity contribution is 5.68. The number of nitrogens with one attached hydrogen (secondary N) is 1. The third-order valence-electron chi connectivity index (χ3n) is 2.00. The van der Waals surface area contributed by atoms with Crippen molar-refractivity contribution in [2.75, 3.05) is 6.61 Å². The second-order valence-corrected chi connectivity index (χ2v) is 6.37. The number of ether oxygens (including phenoxy) is 2. The first-order chi connectivity index (χ1) is 7.94. The number of hydrogen-bond donors (Lipinski definition) is 2. The largest absolute Gasteiger partial charge is 0.444 e. The van der Waals surface area contributed by atoms with Crippen LogP contribution >= 0.6 is 0 Å². The van der Waals surface area contributed by atoms with Crippen molar-refractivity contribution in [2.24, 2.45) is 0 Å². The standard InChI is InChI=1S/C13H27NO4/c1-9(17-12(2,3)4)10(8-15)14-11(16)18-13(5,6)7/h9-10,15H,8H2,1-7H3,(H,14,16)/t9-,10+/m0/s1. The van der Waals surface area contributed by atoms with E-state index in [-0.39, 0.29) is 18.3 Å². The Bertz CT molecular complexity index is 265. The van der Waals surface area contributed by atoms with Crippen molar-refractivity contribution in [2.45, 2.75) is 71.8 Å². The highest BCUT2D eigenvalue weighted by Crippen LogP contribution is 2.13. The molecule has 0 bridgehead atoms. The molecule has 0 spiro atoms. The predicted molar refractivity (Wildman–Crippen MR) is 70.5 cm³/mol. The SMILES string of the molecule is C[C@H](OC(C)(C)C)[C@@H](CO)NC(=O)OC(C)(C)C. The van der Waals surface area contributed by atoms with Crippen molar-refractivity contribution in [3.8, 4) is 0 Å². The minimum Gasteiger partial charge on any atom is -0.444 e. The van der Waals surface area contributed by atoms with E-state index in [1.165, 1.54) is 0 Å². The van der Waals surface area contributed by atoms with Crippen molar-refractivity contribution in [3.63, 3.8) is 0 Å². The van der Waals surface area contributed by atoms with E-state index in [4.69, 9.17) is 9.47 Å². The highest BCUT2D eigenvalue weighted by atomic mass is 16.6. The fraction of sp³-hybridized carbons (Fsp3) is 0.923. The Hall–Kier alpha value is -0.810. The summed E-state index contributed by atoms with van der Waals surface area (Å²) in [5, 5.41) is 11.9. The Kier molecular flexibility index (Phi) is 6.10. The average Bonchev–Trinajstić information content (AvgIpc) is 2.07. The number of aliphatic hydroxyl groups excluding tert-OH is 1. The van der Waals surface area contributed by atoms with E-state index < -0.39 is 17.7 Å². The zero-order valence-corrected chi connectivity index (χ0v) is 12.5. The maximum atomic E-state index is 11.6. The molecule has 2 atom stereocenters. The van der Waals surface area contributed by atoms with Gasteiger partial charge in [-0.15, -0.1) is 0 Å². The topological polar surface area (TPSA) is 67.8 Å². The molecule has 0 aromatic rings. The van der Waals surface area contributed by atoms with Crippen LogP contribution in [0.2, 0.25) is 0 Å². The van der Waals surface area contributed by atoms with Crippen LogP contribution in [-0.4, -0.2) is 41.2 Å². The molecule has 5 nitrogen and oxygen atoms in total. The summed E-state index contributed by atoms with van der Waals surface area (Å²) in [5.74, 6) is 0. The first kappa shape index (κ1) is 17.2. The molecule has 0 saturated carbocycles. The Morgan fingerprint density at radius 3 is 2.00 bits per heavy atom. The van der Waals surface area contributed by atoms with Gasteiger partial charge in [0.05, 0.1) is 24.4 Å². The molecule has 0 unspecified atom stereocenters. The molecular weight excluding hydrogens is 234 g/mol. The van der Waals surface area contributed by atoms with Gasteiger partial charge in [0.2, 0.25) is 0 Å². The summed E-state index contributed by atoms with van der Waals surface area (Å²) in [4.78, 5) is 11.6. The Morgan fingerprint density at radius 2 is 1.67 bits per heavy atom. The molecule has 0 aromatic carbocycles. The lowest BCUT2D eigenvalue weighted by molar-refractivity contribution is -0.0734. The van der Waals surface area contributed by atoms with Gasteiger partial charge in [0.15, 0.2) is 0 Å². The maximum Gasteiger partial charge on any atom is 0.408 e. The number of carbonyl (C=O) groups excluding carboxylic acids is 1. The lowest BCUT2D eigenvalue weighted by Gasteiger charge is -2.31. The van der Waals surface area contributed by atoms with Gasteiger partial charge in [0.1, 0.15) is 5.60 Å². The van der Waals surface area contributed by atoms with Crippen molar-refractivity contribution in [1.82, 2.24) is 5.32 Å². The van der Waals surface area contributed by atoms with Crippen LogP contribution in [0.1, 0.15) is 48.5 Å². The number of hydrogen-bond acceptors (Lipinski definition) is 4. The normalized spacial score (nSPS) is 16.0. The summed E-state index contributed by atoms with van der Waals surface area (Å²) in [6.45, 7) is 12.7. The number of rotatable bonds is 4. The molecule has 0 radical (unpaired) electrons. The van der Waals surface area contributed by atoms with Crippen LogP contribution in [0.5, 0.6) is 0 Å². The van der Waals surface area contributed by atoms with E-state index in [0.29, 0.717) is 0 Å². The van der Waals surface area contributed by atoms with Gasteiger partial charge in [-0.2, -0.15) is 0 Å². The van der Waals surface area contributed by atoms with Crippen molar-refractivity contribution in [1.29, 1.82) is 0 Å². The molecular formula is C13H27NO4. The highest BCUT2D eigenvalue weighted by Gasteiger charge is 2.26. The molecule has 0 heterocycles. The maximum absolute atomic E-state index is 11.6. The fourth-order valence-electron chi connectivity index (χ4n) is 1.41. The zero-order chi connectivity index (χ0) is 14.6. The first-order valence-electron chi connectivity index (χ1n) is 6.23. The predicted octanol–water partition coefficient (Wildman–Crippen LogP) is 2.08. The number of carbonyl (C=O) groups is 1. The monoisotopic (exact) mass is 261 g/mol. The smallest absolute Gasteiger partial charge is 0.408 e. The summed E-state index contributed by atoms with van der Waals surface area (Å²) >= 11 is 0. The van der Waals surface area contributed by atoms with E-state index in [9.17, 15) is 9.90 Å². The average molecular weight is 261 g/mol. The van der Waals surface area contributed by atoms with Crippen molar-refractivity contribution in [3.05, 3.63) is 0 Å². The summed E-state index contributed by atoms with van der Waals surface area (Å²) in [6, 6.07) is -0.487. The van der Waals surface area contributed by atoms with Crippen LogP contribution in [0, 0.1) is 0 Å². The summed E-state index contributed by atoms with van der Waals surface area (Å²) in [5.41, 5.74) is -0.888. The lowest BCUT2D eigenvalue weighted by Crippen LogP contribution is -2.49. The molecule has 0 aromatic heterocycles. The first-order valence-corrected chi connectivity index (χ1v) is 6.23. The molecule has 0 aliphatic rings. The molecule has 108 valence electrons. The van der Waals surface area contributed by atoms with Gasteiger partial charge in [-0.05, 0) is 48.5 Å². The van der Waals surface area contributed by atoms with Crippen LogP contribution in [0.15, 0.2) is 0 Å². The Morgan fingerprint density at radius 1 is 1.17 bits per heavy atom. The molecule has 5 heteroatoms. The van der Waals surface area contributed by atoms with E-state index >= 15 is 0 Å². The van der Waals surface area contributed by atoms with Gasteiger partial charge in [-0.1, -0.05) is 0 Å². The summed E-state index contributed by atoms with van der Waals surface area (Å²) in [6.07, 6.45) is -0.853. The number of alkyl carbamates (subject to hydrolysis) is 1. The fourth-order valence-corrected chi connectivity index (χ4v) is 1.41. The van der Waals surface area contributed by atoms with Crippen molar-refractivity contribution < 1.29 is 19.4 Å². The Labute approximate surface area is 110 Å². The van der Waals surface area contributed by atoms with Gasteiger partial charge in [-0.25, -0.2) is 4.79 Å². The van der Waals surface area contributed by atoms with Crippen molar-refractivity contribution >= 4 is 6.09 Å². The molecule has 0 aliphatic carbocycles. The minimum atomic E-state index is -0.557. The van der Waals surface area contributed by atoms with E-state index in [1.807, 2.05) is 27.7 Å². The van der Waals surface area contributed by atoms with Gasteiger partial charge in [-0.3, -0.25) is 0 Å². The van der Waals surface area contributed by atoms with Gasteiger partial charge in [0, 0.05) is 0 Å². The second kappa shape index (κ2) is 6.38. The van der Waals surface area contributed by atoms with Crippen LogP contribution < -0.4 is 5.32 Å². The number of amides is 1. The van der Waals surface area contributed by atoms with Crippen LogP contribution in [-0.2, 0) is 9.47 Å². The minimum absolute atomic E-state index is 0.198. The van der Waals surface area contributed by atoms with E-state index in [2.05, 4.69) is 5.32 Å². The zero-order valence-electron chi connectivity index (χ0n) is 12.5. The number of aliphatic hydroxyl groups is 1. The van der Waals surface area contributed by atoms with Crippen LogP contribution in [0.4, 0.5) is 4.79 Å². The third-order valence-corrected chi connectivity index (χ3v) is 2.00. The molecule has 0 aliphatic heterocycles. The van der Waals surface area contributed by atoms with Crippen LogP contribution in [0.25, 0.3) is 0 Å². The third kappa shape index (κ3) is 8.31. The summed E-state index contributed by atoms with van der Waals surface area (Å²) in [7, 11) is 0. The molecule has 1 amide bonds. The quantitative estimate of drug-likeness (QED) is 0.813. The van der Waals surface area contributed by atoms with Gasteiger partial charge < -0.3 is 19.9 Å². The lowest BCUT2D eigenvalue weighted by atomic mass is 10.1. The molecule has 0 rings (SSSR count). The van der Waals surface area contributed by atoms with Gasteiger partial charge >= 0.3 is 6.09 Å². The molecule has 0 saturated heterocycles. The second-order valence-electron chi connectivity index (χ2n) is 6.37. The molecule has 0 fully saturated rings. The van der Waals surface area contributed by atoms with Gasteiger partial charge in [0.25, 0.3) is 0 Å². The molecule has 18 heavy (non-hydrogen) atoms. The summed E-state index contributed by atoms with van der Waals surface area (Å²) < 4.78 is 10.8. The van der Waals surface area contributed by atoms with E-state index in [0.717, 1.165) is 0 Å². The molecule has 2 N–H and O–H groups in total. The Balaban J connectivity index is 4.38.